The predicted octanol–water partition coefficient (Wildman–Crippen LogP) is -0.0759. The fraction of sp³-hybridized carbons (Fsp3) is 0.100. The molecule has 18 heavy (non-hydrogen) atoms. The van der Waals surface area contributed by atoms with Crippen molar-refractivity contribution in [3.8, 4) is 0 Å². The average Bonchev–Trinajstić information content (AvgIpc) is 2.81. The number of aromatic nitrogens is 4. The molecule has 8 heteroatoms. The number of benzene rings is 1. The molecule has 0 saturated carbocycles. The third-order valence-corrected chi connectivity index (χ3v) is 2.12. The van der Waals surface area contributed by atoms with Gasteiger partial charge < -0.3 is 10.5 Å². The third kappa shape index (κ3) is 2.48. The van der Waals surface area contributed by atoms with Crippen LogP contribution in [0.1, 0.15) is 15.9 Å². The van der Waals surface area contributed by atoms with Crippen LogP contribution in [-0.4, -0.2) is 39.6 Å². The summed E-state index contributed by atoms with van der Waals surface area (Å²) >= 11 is 0. The van der Waals surface area contributed by atoms with Gasteiger partial charge in [0, 0.05) is 0 Å². The lowest BCUT2D eigenvalue weighted by Gasteiger charge is -1.98. The first-order chi connectivity index (χ1) is 8.70. The number of hydrogen-bond donors (Lipinski definition) is 1. The molecule has 0 spiro atoms. The van der Waals surface area contributed by atoms with Crippen LogP contribution in [0.4, 0.5) is 5.95 Å². The quantitative estimate of drug-likeness (QED) is 0.599. The molecule has 0 aliphatic carbocycles. The van der Waals surface area contributed by atoms with E-state index in [-0.39, 0.29) is 11.9 Å². The van der Waals surface area contributed by atoms with Gasteiger partial charge >= 0.3 is 5.97 Å². The Hall–Kier alpha value is -2.77. The Morgan fingerprint density at radius 1 is 1.44 bits per heavy atom. The maximum atomic E-state index is 11.2. The first kappa shape index (κ1) is 11.7. The van der Waals surface area contributed by atoms with Crippen molar-refractivity contribution in [1.29, 1.82) is 0 Å². The van der Waals surface area contributed by atoms with Crippen LogP contribution in [0.25, 0.3) is 0 Å². The summed E-state index contributed by atoms with van der Waals surface area (Å²) in [4.78, 5) is 12.3. The van der Waals surface area contributed by atoms with Gasteiger partial charge in [-0.2, -0.15) is 5.10 Å². The molecule has 2 rings (SSSR count). The molecule has 92 valence electrons. The van der Waals surface area contributed by atoms with Crippen molar-refractivity contribution in [2.75, 3.05) is 12.8 Å². The number of esters is 1. The molecule has 0 radical (unpaired) electrons. The second kappa shape index (κ2) is 5.04. The third-order valence-electron chi connectivity index (χ3n) is 2.12. The van der Waals surface area contributed by atoms with Gasteiger partial charge in [0.2, 0.25) is 0 Å². The van der Waals surface area contributed by atoms with Crippen molar-refractivity contribution in [2.45, 2.75) is 0 Å². The summed E-state index contributed by atoms with van der Waals surface area (Å²) in [5, 5.41) is 14.3. The summed E-state index contributed by atoms with van der Waals surface area (Å²) < 4.78 is 4.59. The standard InChI is InChI=1S/C10H10N6O2/c1-18-9(17)8-4-2-7(3-5-8)6-12-16-10(11)13-14-15-16/h2-6H,1H3,(H2,11,13,15)/b12-6+. The largest absolute Gasteiger partial charge is 0.465 e. The van der Waals surface area contributed by atoms with E-state index in [1.165, 1.54) is 13.3 Å². The van der Waals surface area contributed by atoms with Gasteiger partial charge in [-0.3, -0.25) is 0 Å². The molecule has 2 N–H and O–H groups in total. The zero-order chi connectivity index (χ0) is 13.0. The van der Waals surface area contributed by atoms with E-state index in [2.05, 4.69) is 25.4 Å². The Kier molecular flexibility index (Phi) is 3.28. The second-order valence-corrected chi connectivity index (χ2v) is 3.28. The van der Waals surface area contributed by atoms with E-state index in [9.17, 15) is 4.79 Å². The Morgan fingerprint density at radius 3 is 2.72 bits per heavy atom. The van der Waals surface area contributed by atoms with Gasteiger partial charge in [0.25, 0.3) is 5.95 Å². The first-order valence-corrected chi connectivity index (χ1v) is 4.97. The zero-order valence-electron chi connectivity index (χ0n) is 9.52. The lowest BCUT2D eigenvalue weighted by atomic mass is 10.1. The van der Waals surface area contributed by atoms with Crippen LogP contribution in [0.15, 0.2) is 29.4 Å². The van der Waals surface area contributed by atoms with Gasteiger partial charge in [-0.05, 0) is 28.1 Å². The molecule has 0 bridgehead atoms. The van der Waals surface area contributed by atoms with Gasteiger partial charge in [0.15, 0.2) is 0 Å². The smallest absolute Gasteiger partial charge is 0.337 e. The normalized spacial score (nSPS) is 10.7. The molecule has 2 aromatic rings. The number of methoxy groups -OCH3 is 1. The highest BCUT2D eigenvalue weighted by Gasteiger charge is 2.03. The van der Waals surface area contributed by atoms with Crippen LogP contribution < -0.4 is 5.73 Å². The fourth-order valence-electron chi connectivity index (χ4n) is 1.22. The fourth-order valence-corrected chi connectivity index (χ4v) is 1.22. The van der Waals surface area contributed by atoms with Crippen LogP contribution in [0.5, 0.6) is 0 Å². The van der Waals surface area contributed by atoms with Gasteiger partial charge in [-0.15, -0.1) is 0 Å². The summed E-state index contributed by atoms with van der Waals surface area (Å²) in [6, 6.07) is 6.71. The maximum Gasteiger partial charge on any atom is 0.337 e. The average molecular weight is 246 g/mol. The van der Waals surface area contributed by atoms with E-state index < -0.39 is 0 Å². The van der Waals surface area contributed by atoms with Crippen LogP contribution >= 0.6 is 0 Å². The molecular formula is C10H10N6O2. The van der Waals surface area contributed by atoms with Gasteiger partial charge in [0.05, 0.1) is 18.9 Å². The molecule has 8 nitrogen and oxygen atoms in total. The van der Waals surface area contributed by atoms with Crippen LogP contribution in [0.2, 0.25) is 0 Å². The minimum Gasteiger partial charge on any atom is -0.465 e. The number of nitrogens with zero attached hydrogens (tertiary/aromatic N) is 5. The Bertz CT molecular complexity index is 574. The summed E-state index contributed by atoms with van der Waals surface area (Å²) in [6.07, 6.45) is 1.52. The van der Waals surface area contributed by atoms with E-state index in [1.54, 1.807) is 24.3 Å². The van der Waals surface area contributed by atoms with Gasteiger partial charge in [0.1, 0.15) is 0 Å². The molecule has 1 aromatic carbocycles. The molecule has 0 saturated heterocycles. The van der Waals surface area contributed by atoms with Crippen LogP contribution in [0, 0.1) is 0 Å². The number of nitrogen functional groups attached to an aromatic ring is 1. The lowest BCUT2D eigenvalue weighted by molar-refractivity contribution is 0.0601. The Balaban J connectivity index is 2.14. The molecule has 0 aliphatic rings. The lowest BCUT2D eigenvalue weighted by Crippen LogP contribution is -2.01. The molecule has 1 aromatic heterocycles. The van der Waals surface area contributed by atoms with Gasteiger partial charge in [-0.25, -0.2) is 4.79 Å². The SMILES string of the molecule is COC(=O)c1ccc(/C=N/n2nnnc2N)cc1. The zero-order valence-corrected chi connectivity index (χ0v) is 9.52. The minimum atomic E-state index is -0.386. The van der Waals surface area contributed by atoms with Gasteiger partial charge in [-0.1, -0.05) is 22.0 Å². The summed E-state index contributed by atoms with van der Waals surface area (Å²) in [5.74, 6) is -0.291. The Labute approximate surface area is 102 Å². The number of carbonyl (C=O) groups is 1. The number of carbonyl (C=O) groups excluding carboxylic acids is 1. The highest BCUT2D eigenvalue weighted by Crippen LogP contribution is 2.04. The number of anilines is 1. The van der Waals surface area contributed by atoms with E-state index >= 15 is 0 Å². The monoisotopic (exact) mass is 246 g/mol. The predicted molar refractivity (Wildman–Crippen MR) is 63.0 cm³/mol. The first-order valence-electron chi connectivity index (χ1n) is 4.97. The number of tetrazole rings is 1. The van der Waals surface area contributed by atoms with E-state index in [0.717, 1.165) is 10.4 Å². The molecule has 0 unspecified atom stereocenters. The van der Waals surface area contributed by atoms with Crippen molar-refractivity contribution in [3.63, 3.8) is 0 Å². The molecule has 1 heterocycles. The number of hydrogen-bond acceptors (Lipinski definition) is 7. The van der Waals surface area contributed by atoms with Crippen molar-refractivity contribution < 1.29 is 9.53 Å². The summed E-state index contributed by atoms with van der Waals surface area (Å²) in [7, 11) is 1.33. The summed E-state index contributed by atoms with van der Waals surface area (Å²) in [5.41, 5.74) is 6.68. The van der Waals surface area contributed by atoms with Crippen molar-refractivity contribution in [2.24, 2.45) is 5.10 Å². The maximum absolute atomic E-state index is 11.2. The Morgan fingerprint density at radius 2 is 2.17 bits per heavy atom. The highest BCUT2D eigenvalue weighted by atomic mass is 16.5. The minimum absolute atomic E-state index is 0.0948. The summed E-state index contributed by atoms with van der Waals surface area (Å²) in [6.45, 7) is 0. The molecule has 0 fully saturated rings. The van der Waals surface area contributed by atoms with E-state index in [0.29, 0.717) is 5.56 Å². The topological polar surface area (TPSA) is 108 Å². The number of nitrogens with two attached hydrogens (primary N) is 1. The molecule has 0 aliphatic heterocycles. The van der Waals surface area contributed by atoms with E-state index in [1.807, 2.05) is 0 Å². The number of rotatable bonds is 3. The molecular weight excluding hydrogens is 236 g/mol. The van der Waals surface area contributed by atoms with Crippen molar-refractivity contribution in [1.82, 2.24) is 20.3 Å². The second-order valence-electron chi connectivity index (χ2n) is 3.28. The van der Waals surface area contributed by atoms with Crippen molar-refractivity contribution in [3.05, 3.63) is 35.4 Å². The number of ether oxygens (including phenoxy) is 1. The van der Waals surface area contributed by atoms with Crippen LogP contribution in [0.3, 0.4) is 0 Å². The van der Waals surface area contributed by atoms with Crippen molar-refractivity contribution >= 4 is 18.1 Å². The molecule has 0 atom stereocenters. The molecule has 0 amide bonds. The highest BCUT2D eigenvalue weighted by molar-refractivity contribution is 5.90. The van der Waals surface area contributed by atoms with Crippen LogP contribution in [-0.2, 0) is 4.74 Å². The van der Waals surface area contributed by atoms with E-state index in [4.69, 9.17) is 5.73 Å².